The fraction of sp³-hybridized carbons (Fsp3) is 0.350. The van der Waals surface area contributed by atoms with E-state index in [9.17, 15) is 4.79 Å². The van der Waals surface area contributed by atoms with Crippen molar-refractivity contribution in [1.29, 1.82) is 0 Å². The third kappa shape index (κ3) is 3.18. The number of pyridine rings is 1. The van der Waals surface area contributed by atoms with E-state index in [4.69, 9.17) is 0 Å². The van der Waals surface area contributed by atoms with Gasteiger partial charge in [0.05, 0.1) is 0 Å². The van der Waals surface area contributed by atoms with Crippen LogP contribution in [0.1, 0.15) is 37.3 Å². The van der Waals surface area contributed by atoms with Crippen molar-refractivity contribution in [2.24, 2.45) is 11.8 Å². The second-order valence-electron chi connectivity index (χ2n) is 6.11. The Morgan fingerprint density at radius 2 is 2.23 bits per heavy atom. The topological polar surface area (TPSA) is 30.0 Å². The number of Topliss-reactive ketones (excluding diaryl/α,β-unsaturated/α-hetero) is 1. The van der Waals surface area contributed by atoms with E-state index in [2.05, 4.69) is 28.9 Å². The lowest BCUT2D eigenvalue weighted by Crippen LogP contribution is -2.17. The Hall–Kier alpha value is -2.18. The van der Waals surface area contributed by atoms with Crippen molar-refractivity contribution in [3.8, 4) is 0 Å². The van der Waals surface area contributed by atoms with Gasteiger partial charge in [-0.15, -0.1) is 5.73 Å². The van der Waals surface area contributed by atoms with Gasteiger partial charge in [0.15, 0.2) is 0 Å². The van der Waals surface area contributed by atoms with Crippen LogP contribution < -0.4 is 0 Å². The van der Waals surface area contributed by atoms with Crippen LogP contribution in [-0.4, -0.2) is 10.8 Å². The average molecular weight is 291 g/mol. The van der Waals surface area contributed by atoms with Gasteiger partial charge in [0, 0.05) is 35.9 Å². The lowest BCUT2D eigenvalue weighted by Gasteiger charge is -2.16. The third-order valence-electron chi connectivity index (χ3n) is 4.27. The molecule has 1 atom stereocenters. The maximum atomic E-state index is 12.4. The van der Waals surface area contributed by atoms with Crippen molar-refractivity contribution < 1.29 is 4.79 Å². The molecule has 1 heterocycles. The summed E-state index contributed by atoms with van der Waals surface area (Å²) in [6.07, 6.45) is 14.7. The fourth-order valence-electron chi connectivity index (χ4n) is 2.99. The van der Waals surface area contributed by atoms with E-state index in [-0.39, 0.29) is 5.92 Å². The molecule has 0 radical (unpaired) electrons. The summed E-state index contributed by atoms with van der Waals surface area (Å²) >= 11 is 0. The molecule has 0 bridgehead atoms. The van der Waals surface area contributed by atoms with E-state index < -0.39 is 0 Å². The van der Waals surface area contributed by atoms with Gasteiger partial charge in [-0.2, -0.15) is 0 Å². The number of hydrogen-bond donors (Lipinski definition) is 0. The highest BCUT2D eigenvalue weighted by Gasteiger charge is 2.36. The molecule has 2 aliphatic carbocycles. The quantitative estimate of drug-likeness (QED) is 0.751. The van der Waals surface area contributed by atoms with Crippen LogP contribution in [0.4, 0.5) is 0 Å². The molecule has 1 fully saturated rings. The van der Waals surface area contributed by atoms with Gasteiger partial charge < -0.3 is 0 Å². The summed E-state index contributed by atoms with van der Waals surface area (Å²) in [5, 5.41) is 0. The number of aromatic nitrogens is 1. The molecule has 1 saturated carbocycles. The van der Waals surface area contributed by atoms with Gasteiger partial charge in [-0.05, 0) is 55.0 Å². The SMILES string of the molecule is CCC(=O)C(C1=CC(c2cncc(C)c2)=C=CC=C1)C1CC1. The summed E-state index contributed by atoms with van der Waals surface area (Å²) in [5.41, 5.74) is 7.61. The number of nitrogens with zero attached hydrogens (tertiary/aromatic N) is 1. The number of hydrogen-bond acceptors (Lipinski definition) is 2. The van der Waals surface area contributed by atoms with E-state index in [1.807, 2.05) is 38.4 Å². The summed E-state index contributed by atoms with van der Waals surface area (Å²) in [4.78, 5) is 16.6. The molecule has 3 rings (SSSR count). The molecular weight excluding hydrogens is 270 g/mol. The maximum Gasteiger partial charge on any atom is 0.140 e. The van der Waals surface area contributed by atoms with Crippen LogP contribution in [-0.2, 0) is 4.79 Å². The van der Waals surface area contributed by atoms with Crippen molar-refractivity contribution in [3.05, 3.63) is 65.2 Å². The molecule has 0 spiro atoms. The van der Waals surface area contributed by atoms with Gasteiger partial charge in [-0.3, -0.25) is 9.78 Å². The molecule has 2 aliphatic rings. The molecule has 1 aromatic rings. The van der Waals surface area contributed by atoms with Crippen LogP contribution in [0.3, 0.4) is 0 Å². The second kappa shape index (κ2) is 6.29. The first kappa shape index (κ1) is 14.7. The monoisotopic (exact) mass is 291 g/mol. The molecule has 0 amide bonds. The summed E-state index contributed by atoms with van der Waals surface area (Å²) < 4.78 is 0. The van der Waals surface area contributed by atoms with Gasteiger partial charge in [-0.25, -0.2) is 0 Å². The first-order valence-electron chi connectivity index (χ1n) is 7.98. The molecule has 0 aromatic carbocycles. The Morgan fingerprint density at radius 1 is 1.41 bits per heavy atom. The van der Waals surface area contributed by atoms with Crippen LogP contribution in [0.15, 0.2) is 54.1 Å². The third-order valence-corrected chi connectivity index (χ3v) is 4.27. The van der Waals surface area contributed by atoms with E-state index >= 15 is 0 Å². The first-order valence-corrected chi connectivity index (χ1v) is 7.98. The van der Waals surface area contributed by atoms with Crippen LogP contribution in [0.25, 0.3) is 5.57 Å². The Labute approximate surface area is 132 Å². The summed E-state index contributed by atoms with van der Waals surface area (Å²) in [5.74, 6) is 0.919. The lowest BCUT2D eigenvalue weighted by atomic mass is 9.86. The van der Waals surface area contributed by atoms with Gasteiger partial charge in [0.25, 0.3) is 0 Å². The summed E-state index contributed by atoms with van der Waals surface area (Å²) in [6, 6.07) is 2.11. The minimum absolute atomic E-state index is 0.0438. The Morgan fingerprint density at radius 3 is 2.91 bits per heavy atom. The lowest BCUT2D eigenvalue weighted by molar-refractivity contribution is -0.121. The average Bonchev–Trinajstić information content (AvgIpc) is 3.35. The van der Waals surface area contributed by atoms with Crippen LogP contribution in [0, 0.1) is 18.8 Å². The van der Waals surface area contributed by atoms with E-state index in [0.717, 1.165) is 22.3 Å². The molecule has 1 unspecified atom stereocenters. The molecule has 2 nitrogen and oxygen atoms in total. The van der Waals surface area contributed by atoms with Gasteiger partial charge in [0.2, 0.25) is 0 Å². The first-order chi connectivity index (χ1) is 10.7. The molecule has 112 valence electrons. The molecule has 22 heavy (non-hydrogen) atoms. The predicted octanol–water partition coefficient (Wildman–Crippen LogP) is 4.43. The van der Waals surface area contributed by atoms with Crippen molar-refractivity contribution in [2.45, 2.75) is 33.1 Å². The van der Waals surface area contributed by atoms with Crippen LogP contribution >= 0.6 is 0 Å². The Balaban J connectivity index is 1.98. The van der Waals surface area contributed by atoms with E-state index in [1.54, 1.807) is 0 Å². The summed E-state index contributed by atoms with van der Waals surface area (Å²) in [7, 11) is 0. The van der Waals surface area contributed by atoms with Crippen molar-refractivity contribution in [3.63, 3.8) is 0 Å². The number of allylic oxidation sites excluding steroid dienone is 5. The Kier molecular flexibility index (Phi) is 4.22. The van der Waals surface area contributed by atoms with Gasteiger partial charge >= 0.3 is 0 Å². The fourth-order valence-corrected chi connectivity index (χ4v) is 2.99. The standard InChI is InChI=1S/C20H21NO/c1-3-19(22)20(15-8-9-15)17-7-5-4-6-16(11-17)18-10-14(2)12-21-13-18/h4-5,7,10-13,15,20H,3,8-9H2,1-2H3. The number of aryl methyl sites for hydroxylation is 1. The summed E-state index contributed by atoms with van der Waals surface area (Å²) in [6.45, 7) is 3.99. The Bertz CT molecular complexity index is 713. The highest BCUT2D eigenvalue weighted by molar-refractivity contribution is 5.86. The maximum absolute atomic E-state index is 12.4. The largest absolute Gasteiger partial charge is 0.299 e. The number of ketones is 1. The highest BCUT2D eigenvalue weighted by atomic mass is 16.1. The zero-order valence-electron chi connectivity index (χ0n) is 13.2. The van der Waals surface area contributed by atoms with Crippen molar-refractivity contribution in [1.82, 2.24) is 4.98 Å². The molecule has 0 saturated heterocycles. The minimum atomic E-state index is 0.0438. The zero-order valence-corrected chi connectivity index (χ0v) is 13.2. The molecule has 1 aromatic heterocycles. The van der Waals surface area contributed by atoms with Crippen molar-refractivity contribution in [2.75, 3.05) is 0 Å². The van der Waals surface area contributed by atoms with Crippen molar-refractivity contribution >= 4 is 11.4 Å². The zero-order chi connectivity index (χ0) is 15.5. The molecule has 0 aliphatic heterocycles. The predicted molar refractivity (Wildman–Crippen MR) is 89.2 cm³/mol. The number of carbonyl (C=O) groups is 1. The van der Waals surface area contributed by atoms with Crippen LogP contribution in [0.5, 0.6) is 0 Å². The minimum Gasteiger partial charge on any atom is -0.299 e. The second-order valence-corrected chi connectivity index (χ2v) is 6.11. The van der Waals surface area contributed by atoms with Crippen LogP contribution in [0.2, 0.25) is 0 Å². The van der Waals surface area contributed by atoms with E-state index in [0.29, 0.717) is 18.1 Å². The van der Waals surface area contributed by atoms with Gasteiger partial charge in [-0.1, -0.05) is 19.1 Å². The smallest absolute Gasteiger partial charge is 0.140 e. The highest BCUT2D eigenvalue weighted by Crippen LogP contribution is 2.42. The number of rotatable bonds is 5. The van der Waals surface area contributed by atoms with Gasteiger partial charge in [0.1, 0.15) is 5.78 Å². The molecular formula is C20H21NO. The molecule has 0 N–H and O–H groups in total. The molecule has 2 heteroatoms. The normalized spacial score (nSPS) is 18.5. The number of carbonyl (C=O) groups excluding carboxylic acids is 1. The van der Waals surface area contributed by atoms with E-state index in [1.165, 1.54) is 12.8 Å².